The molecular formula is C21H29NO2SSi. The molecule has 0 aromatic heterocycles. The summed E-state index contributed by atoms with van der Waals surface area (Å²) in [6.45, 7) is 7.12. The molecule has 0 saturated carbocycles. The molecule has 0 radical (unpaired) electrons. The molecule has 2 aromatic rings. The molecule has 0 aliphatic carbocycles. The van der Waals surface area contributed by atoms with Crippen LogP contribution in [0.1, 0.15) is 24.0 Å². The van der Waals surface area contributed by atoms with Gasteiger partial charge in [-0.05, 0) is 37.9 Å². The first kappa shape index (κ1) is 20.6. The second-order valence-electron chi connectivity index (χ2n) is 7.41. The van der Waals surface area contributed by atoms with Crippen LogP contribution in [0.15, 0.2) is 71.3 Å². The minimum atomic E-state index is -3.40. The maximum atomic E-state index is 12.2. The molecule has 2 rings (SSSR count). The van der Waals surface area contributed by atoms with Crippen LogP contribution in [-0.4, -0.2) is 23.0 Å². The van der Waals surface area contributed by atoms with Gasteiger partial charge >= 0.3 is 0 Å². The molecule has 26 heavy (non-hydrogen) atoms. The van der Waals surface area contributed by atoms with Gasteiger partial charge in [0, 0.05) is 6.54 Å². The van der Waals surface area contributed by atoms with Gasteiger partial charge in [-0.1, -0.05) is 78.5 Å². The third kappa shape index (κ3) is 6.90. The number of nitrogens with one attached hydrogen (secondary N) is 1. The molecule has 0 spiro atoms. The van der Waals surface area contributed by atoms with Crippen molar-refractivity contribution in [2.24, 2.45) is 0 Å². The molecule has 3 nitrogen and oxygen atoms in total. The number of hydrogen-bond acceptors (Lipinski definition) is 2. The number of aryl methyl sites for hydroxylation is 1. The molecule has 0 fully saturated rings. The SMILES string of the molecule is Cc1ccc(S(=O)(=O)NCCC/C=C/[Si](C)(C)Cc2ccccc2)cc1. The van der Waals surface area contributed by atoms with Crippen LogP contribution in [0.5, 0.6) is 0 Å². The fourth-order valence-corrected chi connectivity index (χ4v) is 6.10. The molecule has 0 amide bonds. The summed E-state index contributed by atoms with van der Waals surface area (Å²) in [5.74, 6) is 0. The van der Waals surface area contributed by atoms with Gasteiger partial charge in [0.15, 0.2) is 0 Å². The predicted octanol–water partition coefficient (Wildman–Crippen LogP) is 4.64. The molecule has 140 valence electrons. The lowest BCUT2D eigenvalue weighted by Gasteiger charge is -2.17. The van der Waals surface area contributed by atoms with Crippen molar-refractivity contribution in [2.75, 3.05) is 6.54 Å². The van der Waals surface area contributed by atoms with E-state index in [-0.39, 0.29) is 0 Å². The summed E-state index contributed by atoms with van der Waals surface area (Å²) < 4.78 is 27.1. The zero-order valence-electron chi connectivity index (χ0n) is 15.9. The highest BCUT2D eigenvalue weighted by Gasteiger charge is 2.17. The largest absolute Gasteiger partial charge is 0.240 e. The molecule has 0 unspecified atom stereocenters. The van der Waals surface area contributed by atoms with Gasteiger partial charge in [0.25, 0.3) is 0 Å². The van der Waals surface area contributed by atoms with Gasteiger partial charge in [-0.25, -0.2) is 13.1 Å². The molecule has 0 heterocycles. The first-order valence-electron chi connectivity index (χ1n) is 9.06. The standard InChI is InChI=1S/C21H29NO2SSi/c1-19-12-14-21(15-13-19)25(23,24)22-16-8-5-9-17-26(2,3)18-20-10-6-4-7-11-20/h4,6-7,9-15,17,22H,5,8,16,18H2,1-3H3/b17-9+. The lowest BCUT2D eigenvalue weighted by molar-refractivity contribution is 0.579. The zero-order valence-corrected chi connectivity index (χ0v) is 17.7. The zero-order chi connectivity index (χ0) is 19.0. The summed E-state index contributed by atoms with van der Waals surface area (Å²) in [5.41, 5.74) is 4.81. The van der Waals surface area contributed by atoms with Gasteiger partial charge in [-0.15, -0.1) is 0 Å². The molecule has 0 saturated heterocycles. The van der Waals surface area contributed by atoms with Gasteiger partial charge in [0.1, 0.15) is 0 Å². The number of rotatable bonds is 9. The van der Waals surface area contributed by atoms with E-state index in [0.717, 1.165) is 24.4 Å². The van der Waals surface area contributed by atoms with Gasteiger partial charge in [0.05, 0.1) is 13.0 Å². The Morgan fingerprint density at radius 2 is 1.65 bits per heavy atom. The lowest BCUT2D eigenvalue weighted by Crippen LogP contribution is -2.26. The summed E-state index contributed by atoms with van der Waals surface area (Å²) in [5, 5.41) is 0. The highest BCUT2D eigenvalue weighted by molar-refractivity contribution is 7.89. The van der Waals surface area contributed by atoms with Crippen LogP contribution < -0.4 is 4.72 Å². The van der Waals surface area contributed by atoms with Crippen LogP contribution in [0.3, 0.4) is 0 Å². The van der Waals surface area contributed by atoms with Crippen molar-refractivity contribution in [3.8, 4) is 0 Å². The van der Waals surface area contributed by atoms with Gasteiger partial charge < -0.3 is 0 Å². The van der Waals surface area contributed by atoms with Crippen molar-refractivity contribution in [3.63, 3.8) is 0 Å². The molecule has 0 aliphatic rings. The van der Waals surface area contributed by atoms with E-state index in [4.69, 9.17) is 0 Å². The average Bonchev–Trinajstić information content (AvgIpc) is 2.59. The van der Waals surface area contributed by atoms with Crippen molar-refractivity contribution in [1.29, 1.82) is 0 Å². The number of allylic oxidation sites excluding steroid dienone is 1. The number of unbranched alkanes of at least 4 members (excludes halogenated alkanes) is 1. The summed E-state index contributed by atoms with van der Waals surface area (Å²) in [6, 6.07) is 18.6. The molecule has 1 N–H and O–H groups in total. The molecule has 0 aliphatic heterocycles. The van der Waals surface area contributed by atoms with E-state index in [9.17, 15) is 8.42 Å². The van der Waals surface area contributed by atoms with E-state index in [1.165, 1.54) is 5.56 Å². The predicted molar refractivity (Wildman–Crippen MR) is 112 cm³/mol. The Kier molecular flexibility index (Phi) is 7.38. The lowest BCUT2D eigenvalue weighted by atomic mass is 10.2. The normalized spacial score (nSPS) is 12.6. The molecule has 0 bridgehead atoms. The Balaban J connectivity index is 1.75. The molecular weight excluding hydrogens is 358 g/mol. The molecule has 2 aromatic carbocycles. The van der Waals surface area contributed by atoms with E-state index in [1.54, 1.807) is 12.1 Å². The smallest absolute Gasteiger partial charge is 0.211 e. The van der Waals surface area contributed by atoms with Gasteiger partial charge in [-0.3, -0.25) is 0 Å². The molecule has 5 heteroatoms. The Morgan fingerprint density at radius 1 is 1.00 bits per heavy atom. The topological polar surface area (TPSA) is 46.2 Å². The van der Waals surface area contributed by atoms with Gasteiger partial charge in [-0.2, -0.15) is 0 Å². The maximum absolute atomic E-state index is 12.2. The Bertz CT molecular complexity index is 813. The van der Waals surface area contributed by atoms with E-state index >= 15 is 0 Å². The maximum Gasteiger partial charge on any atom is 0.240 e. The van der Waals surface area contributed by atoms with Crippen molar-refractivity contribution < 1.29 is 8.42 Å². The van der Waals surface area contributed by atoms with E-state index in [0.29, 0.717) is 11.4 Å². The first-order chi connectivity index (χ1) is 12.3. The number of sulfonamides is 1. The van der Waals surface area contributed by atoms with Crippen LogP contribution >= 0.6 is 0 Å². The van der Waals surface area contributed by atoms with Crippen molar-refractivity contribution in [1.82, 2.24) is 4.72 Å². The van der Waals surface area contributed by atoms with Crippen molar-refractivity contribution >= 4 is 18.1 Å². The fourth-order valence-electron chi connectivity index (χ4n) is 2.81. The Hall–Kier alpha value is -1.69. The second kappa shape index (κ2) is 9.30. The quantitative estimate of drug-likeness (QED) is 0.503. The summed E-state index contributed by atoms with van der Waals surface area (Å²) in [6.07, 6.45) is 3.91. The Labute approximate surface area is 159 Å². The minimum absolute atomic E-state index is 0.329. The van der Waals surface area contributed by atoms with Crippen LogP contribution in [0.2, 0.25) is 13.1 Å². The fraction of sp³-hybridized carbons (Fsp3) is 0.333. The van der Waals surface area contributed by atoms with Crippen LogP contribution in [0.4, 0.5) is 0 Å². The average molecular weight is 388 g/mol. The van der Waals surface area contributed by atoms with Crippen LogP contribution in [-0.2, 0) is 16.1 Å². The summed E-state index contributed by atoms with van der Waals surface area (Å²) >= 11 is 0. The van der Waals surface area contributed by atoms with E-state index in [2.05, 4.69) is 53.9 Å². The summed E-state index contributed by atoms with van der Waals surface area (Å²) in [4.78, 5) is 0.329. The van der Waals surface area contributed by atoms with Crippen LogP contribution in [0.25, 0.3) is 0 Å². The van der Waals surface area contributed by atoms with Crippen LogP contribution in [0, 0.1) is 6.92 Å². The minimum Gasteiger partial charge on any atom is -0.211 e. The third-order valence-corrected chi connectivity index (χ3v) is 8.18. The highest BCUT2D eigenvalue weighted by Crippen LogP contribution is 2.14. The number of hydrogen-bond donors (Lipinski definition) is 1. The number of benzene rings is 2. The Morgan fingerprint density at radius 3 is 2.31 bits per heavy atom. The third-order valence-electron chi connectivity index (χ3n) is 4.24. The molecule has 0 atom stereocenters. The van der Waals surface area contributed by atoms with Crippen molar-refractivity contribution in [2.45, 2.75) is 43.8 Å². The van der Waals surface area contributed by atoms with Gasteiger partial charge in [0.2, 0.25) is 10.0 Å². The van der Waals surface area contributed by atoms with E-state index in [1.807, 2.05) is 25.1 Å². The van der Waals surface area contributed by atoms with Crippen molar-refractivity contribution in [3.05, 3.63) is 77.5 Å². The summed E-state index contributed by atoms with van der Waals surface area (Å²) in [7, 11) is -4.82. The van der Waals surface area contributed by atoms with E-state index < -0.39 is 18.1 Å². The highest BCUT2D eigenvalue weighted by atomic mass is 32.2. The first-order valence-corrected chi connectivity index (χ1v) is 13.8. The second-order valence-corrected chi connectivity index (χ2v) is 13.8. The monoisotopic (exact) mass is 387 g/mol.